The summed E-state index contributed by atoms with van der Waals surface area (Å²) < 4.78 is 5.16. The molecule has 0 radical (unpaired) electrons. The van der Waals surface area contributed by atoms with Crippen molar-refractivity contribution in [3.8, 4) is 0 Å². The predicted molar refractivity (Wildman–Crippen MR) is 55.8 cm³/mol. The second kappa shape index (κ2) is 2.99. The number of nitrogens with one attached hydrogen (secondary N) is 1. The van der Waals surface area contributed by atoms with Crippen LogP contribution in [0.4, 0.5) is 0 Å². The molecule has 1 aromatic heterocycles. The van der Waals surface area contributed by atoms with E-state index in [2.05, 4.69) is 9.40 Å². The lowest BCUT2D eigenvalue weighted by Gasteiger charge is -1.95. The first-order valence-electron chi connectivity index (χ1n) is 3.50. The summed E-state index contributed by atoms with van der Waals surface area (Å²) in [4.78, 5) is 24.5. The van der Waals surface area contributed by atoms with Crippen LogP contribution < -0.4 is 11.4 Å². The van der Waals surface area contributed by atoms with Crippen molar-refractivity contribution >= 4 is 33.5 Å². The Morgan fingerprint density at radius 3 is 2.85 bits per heavy atom. The summed E-state index contributed by atoms with van der Waals surface area (Å²) in [6, 6.07) is 5.20. The van der Waals surface area contributed by atoms with Crippen molar-refractivity contribution in [3.63, 3.8) is 0 Å². The van der Waals surface area contributed by atoms with Crippen LogP contribution in [0.3, 0.4) is 0 Å². The molecule has 0 atom stereocenters. The third-order valence-electron chi connectivity index (χ3n) is 1.64. The van der Waals surface area contributed by atoms with E-state index >= 15 is 0 Å². The smallest absolute Gasteiger partial charge is 0.372 e. The maximum absolute atomic E-state index is 11.2. The lowest BCUT2D eigenvalue weighted by molar-refractivity contribution is 0.460. The summed E-state index contributed by atoms with van der Waals surface area (Å²) in [6.07, 6.45) is 0. The van der Waals surface area contributed by atoms with Gasteiger partial charge in [0, 0.05) is 3.57 Å². The van der Waals surface area contributed by atoms with Crippen molar-refractivity contribution in [1.82, 2.24) is 4.98 Å². The molecule has 0 spiro atoms. The number of H-pyrrole nitrogens is 1. The standard InChI is InChI=1S/C8H4INO3/c9-4-2-1-3-5-6(4)7(11)13-8(12)10-5/h1-3H,(H,10,12). The van der Waals surface area contributed by atoms with Gasteiger partial charge in [-0.05, 0) is 34.7 Å². The van der Waals surface area contributed by atoms with Crippen LogP contribution in [0.15, 0.2) is 32.2 Å². The van der Waals surface area contributed by atoms with Gasteiger partial charge in [-0.3, -0.25) is 4.98 Å². The van der Waals surface area contributed by atoms with E-state index in [1.54, 1.807) is 18.2 Å². The molecule has 0 bridgehead atoms. The van der Waals surface area contributed by atoms with Crippen molar-refractivity contribution in [2.75, 3.05) is 0 Å². The molecule has 0 aliphatic carbocycles. The van der Waals surface area contributed by atoms with Gasteiger partial charge in [0.2, 0.25) is 0 Å². The quantitative estimate of drug-likeness (QED) is 0.738. The van der Waals surface area contributed by atoms with E-state index < -0.39 is 11.4 Å². The van der Waals surface area contributed by atoms with Gasteiger partial charge >= 0.3 is 11.4 Å². The fourth-order valence-electron chi connectivity index (χ4n) is 1.11. The number of benzene rings is 1. The number of hydrogen-bond donors (Lipinski definition) is 1. The summed E-state index contributed by atoms with van der Waals surface area (Å²) in [5.41, 5.74) is -0.0862. The molecule has 2 aromatic rings. The van der Waals surface area contributed by atoms with Crippen LogP contribution in [0, 0.1) is 3.57 Å². The second-order valence-electron chi connectivity index (χ2n) is 2.46. The van der Waals surface area contributed by atoms with E-state index in [1.165, 1.54) is 0 Å². The molecule has 1 heterocycles. The molecule has 0 saturated heterocycles. The summed E-state index contributed by atoms with van der Waals surface area (Å²) in [5, 5.41) is 0.419. The highest BCUT2D eigenvalue weighted by Gasteiger charge is 2.04. The van der Waals surface area contributed by atoms with Crippen molar-refractivity contribution in [2.24, 2.45) is 0 Å². The summed E-state index contributed by atoms with van der Waals surface area (Å²) in [5.74, 6) is -0.723. The van der Waals surface area contributed by atoms with E-state index in [9.17, 15) is 9.59 Å². The zero-order valence-corrected chi connectivity index (χ0v) is 8.49. The molecule has 4 nitrogen and oxygen atoms in total. The van der Waals surface area contributed by atoms with Gasteiger partial charge in [-0.25, -0.2) is 9.59 Å². The molecule has 13 heavy (non-hydrogen) atoms. The third kappa shape index (κ3) is 1.39. The minimum atomic E-state index is -0.723. The van der Waals surface area contributed by atoms with Crippen molar-refractivity contribution in [3.05, 3.63) is 42.7 Å². The Morgan fingerprint density at radius 2 is 2.08 bits per heavy atom. The zero-order valence-electron chi connectivity index (χ0n) is 6.33. The highest BCUT2D eigenvalue weighted by Crippen LogP contribution is 2.13. The largest absolute Gasteiger partial charge is 0.419 e. The number of aromatic amines is 1. The normalized spacial score (nSPS) is 10.5. The number of halogens is 1. The summed E-state index contributed by atoms with van der Waals surface area (Å²) in [7, 11) is 0. The molecule has 1 N–H and O–H groups in total. The fourth-order valence-corrected chi connectivity index (χ4v) is 1.82. The molecular formula is C8H4INO3. The molecule has 0 aliphatic heterocycles. The van der Waals surface area contributed by atoms with Gasteiger partial charge < -0.3 is 4.42 Å². The molecule has 2 rings (SSSR count). The van der Waals surface area contributed by atoms with Gasteiger partial charge in [-0.2, -0.15) is 0 Å². The van der Waals surface area contributed by atoms with Gasteiger partial charge in [0.15, 0.2) is 0 Å². The van der Waals surface area contributed by atoms with Crippen LogP contribution in [0.2, 0.25) is 0 Å². The van der Waals surface area contributed by atoms with E-state index in [1.807, 2.05) is 22.6 Å². The van der Waals surface area contributed by atoms with Crippen molar-refractivity contribution < 1.29 is 4.42 Å². The Morgan fingerprint density at radius 1 is 1.31 bits per heavy atom. The van der Waals surface area contributed by atoms with Gasteiger partial charge in [0.25, 0.3) is 0 Å². The highest BCUT2D eigenvalue weighted by molar-refractivity contribution is 14.1. The molecular weight excluding hydrogens is 285 g/mol. The number of hydrogen-bond acceptors (Lipinski definition) is 3. The molecule has 0 unspecified atom stereocenters. The summed E-state index contributed by atoms with van der Waals surface area (Å²) in [6.45, 7) is 0. The minimum absolute atomic E-state index is 0.419. The molecule has 0 aliphatic rings. The molecule has 1 aromatic carbocycles. The first-order valence-corrected chi connectivity index (χ1v) is 4.58. The molecule has 66 valence electrons. The second-order valence-corrected chi connectivity index (χ2v) is 3.63. The van der Waals surface area contributed by atoms with Gasteiger partial charge in [-0.1, -0.05) is 6.07 Å². The van der Waals surface area contributed by atoms with E-state index in [0.717, 1.165) is 3.57 Å². The van der Waals surface area contributed by atoms with E-state index in [4.69, 9.17) is 0 Å². The van der Waals surface area contributed by atoms with E-state index in [-0.39, 0.29) is 0 Å². The van der Waals surface area contributed by atoms with Gasteiger partial charge in [0.05, 0.1) is 10.9 Å². The van der Waals surface area contributed by atoms with Crippen LogP contribution in [0.25, 0.3) is 10.9 Å². The SMILES string of the molecule is O=c1[nH]c2cccc(I)c2c(=O)o1. The van der Waals surface area contributed by atoms with Crippen LogP contribution in [-0.2, 0) is 0 Å². The number of fused-ring (bicyclic) bond motifs is 1. The van der Waals surface area contributed by atoms with Gasteiger partial charge in [-0.15, -0.1) is 0 Å². The Hall–Kier alpha value is -1.11. The average molecular weight is 289 g/mol. The first-order chi connectivity index (χ1) is 6.18. The molecule has 0 fully saturated rings. The lowest BCUT2D eigenvalue weighted by Crippen LogP contribution is -2.15. The fraction of sp³-hybridized carbons (Fsp3) is 0. The van der Waals surface area contributed by atoms with E-state index in [0.29, 0.717) is 10.9 Å². The van der Waals surface area contributed by atoms with Crippen LogP contribution >= 0.6 is 22.6 Å². The Balaban J connectivity index is 3.12. The van der Waals surface area contributed by atoms with Crippen molar-refractivity contribution in [2.45, 2.75) is 0 Å². The summed E-state index contributed by atoms with van der Waals surface area (Å²) >= 11 is 2.01. The third-order valence-corrected chi connectivity index (χ3v) is 2.54. The van der Waals surface area contributed by atoms with Crippen LogP contribution in [0.1, 0.15) is 0 Å². The van der Waals surface area contributed by atoms with Gasteiger partial charge in [0.1, 0.15) is 0 Å². The monoisotopic (exact) mass is 289 g/mol. The maximum Gasteiger partial charge on any atom is 0.419 e. The number of rotatable bonds is 0. The zero-order chi connectivity index (χ0) is 9.42. The topological polar surface area (TPSA) is 63.1 Å². The Kier molecular flexibility index (Phi) is 1.95. The lowest BCUT2D eigenvalue weighted by atomic mass is 10.2. The average Bonchev–Trinajstić information content (AvgIpc) is 2.02. The maximum atomic E-state index is 11.2. The van der Waals surface area contributed by atoms with Crippen LogP contribution in [0.5, 0.6) is 0 Å². The molecule has 5 heteroatoms. The Labute approximate surface area is 85.7 Å². The van der Waals surface area contributed by atoms with Crippen LogP contribution in [-0.4, -0.2) is 4.98 Å². The predicted octanol–water partition coefficient (Wildman–Crippen LogP) is 1.09. The number of aromatic nitrogens is 1. The highest BCUT2D eigenvalue weighted by atomic mass is 127. The molecule has 0 saturated carbocycles. The molecule has 0 amide bonds. The Bertz CT molecular complexity index is 569. The first kappa shape index (κ1) is 8.49. The van der Waals surface area contributed by atoms with Crippen molar-refractivity contribution in [1.29, 1.82) is 0 Å². The minimum Gasteiger partial charge on any atom is -0.372 e.